The second kappa shape index (κ2) is 7.01. The molecule has 0 aromatic carbocycles. The third-order valence-corrected chi connectivity index (χ3v) is 3.81. The molecule has 1 aromatic heterocycles. The molecule has 0 radical (unpaired) electrons. The van der Waals surface area contributed by atoms with Crippen LogP contribution in [0.25, 0.3) is 0 Å². The van der Waals surface area contributed by atoms with Crippen LogP contribution in [0.3, 0.4) is 0 Å². The van der Waals surface area contributed by atoms with Gasteiger partial charge in [-0.15, -0.1) is 0 Å². The molecule has 2 N–H and O–H groups in total. The zero-order valence-corrected chi connectivity index (χ0v) is 12.1. The highest BCUT2D eigenvalue weighted by Crippen LogP contribution is 2.30. The number of hydrogen-bond donors (Lipinski definition) is 1. The highest BCUT2D eigenvalue weighted by molar-refractivity contribution is 4.98. The molecule has 1 unspecified atom stereocenters. The van der Waals surface area contributed by atoms with Crippen molar-refractivity contribution in [3.05, 3.63) is 11.7 Å². The smallest absolute Gasteiger partial charge is 0.229 e. The normalized spacial score (nSPS) is 20.2. The minimum Gasteiger partial charge on any atom is -0.339 e. The molecule has 1 heterocycles. The van der Waals surface area contributed by atoms with Crippen LogP contribution in [-0.4, -0.2) is 35.7 Å². The number of nitrogens with zero attached hydrogens (tertiary/aromatic N) is 3. The van der Waals surface area contributed by atoms with Gasteiger partial charge in [0.15, 0.2) is 5.82 Å². The molecule has 1 fully saturated rings. The first-order valence-electron chi connectivity index (χ1n) is 7.40. The van der Waals surface area contributed by atoms with E-state index in [4.69, 9.17) is 10.3 Å². The van der Waals surface area contributed by atoms with Crippen LogP contribution in [0.4, 0.5) is 0 Å². The molecular weight excluding hydrogens is 240 g/mol. The molecule has 0 aliphatic heterocycles. The fraction of sp³-hybridized carbons (Fsp3) is 0.857. The molecule has 1 atom stereocenters. The molecule has 1 aliphatic carbocycles. The van der Waals surface area contributed by atoms with Crippen molar-refractivity contribution in [3.63, 3.8) is 0 Å². The molecule has 5 heteroatoms. The minimum atomic E-state index is -0.166. The molecule has 1 aliphatic rings. The van der Waals surface area contributed by atoms with Crippen LogP contribution < -0.4 is 5.73 Å². The molecule has 0 bridgehead atoms. The highest BCUT2D eigenvalue weighted by Gasteiger charge is 2.22. The maximum Gasteiger partial charge on any atom is 0.229 e. The van der Waals surface area contributed by atoms with E-state index in [0.29, 0.717) is 11.7 Å². The SMILES string of the molecule is CN(C)CC(N)c1noc(C2CCCCCCC2)n1. The number of rotatable bonds is 4. The van der Waals surface area contributed by atoms with Crippen LogP contribution in [0.1, 0.15) is 68.6 Å². The number of nitrogens with two attached hydrogens (primary N) is 1. The molecule has 1 aromatic rings. The Hall–Kier alpha value is -0.940. The Balaban J connectivity index is 1.98. The Morgan fingerprint density at radius 2 is 1.84 bits per heavy atom. The van der Waals surface area contributed by atoms with Crippen molar-refractivity contribution in [2.75, 3.05) is 20.6 Å². The van der Waals surface area contributed by atoms with E-state index in [1.165, 1.54) is 44.9 Å². The summed E-state index contributed by atoms with van der Waals surface area (Å²) >= 11 is 0. The topological polar surface area (TPSA) is 68.2 Å². The number of aromatic nitrogens is 2. The lowest BCUT2D eigenvalue weighted by atomic mass is 9.91. The fourth-order valence-corrected chi connectivity index (χ4v) is 2.74. The van der Waals surface area contributed by atoms with Gasteiger partial charge in [-0.25, -0.2) is 0 Å². The van der Waals surface area contributed by atoms with Gasteiger partial charge in [-0.1, -0.05) is 37.3 Å². The monoisotopic (exact) mass is 266 g/mol. The van der Waals surface area contributed by atoms with Gasteiger partial charge in [-0.05, 0) is 26.9 Å². The van der Waals surface area contributed by atoms with Gasteiger partial charge in [0.25, 0.3) is 0 Å². The Kier molecular flexibility index (Phi) is 5.34. The average molecular weight is 266 g/mol. The van der Waals surface area contributed by atoms with Crippen molar-refractivity contribution in [2.45, 2.75) is 56.9 Å². The van der Waals surface area contributed by atoms with Crippen molar-refractivity contribution in [2.24, 2.45) is 5.73 Å². The number of likely N-dealkylation sites (N-methyl/N-ethyl adjacent to an activating group) is 1. The van der Waals surface area contributed by atoms with E-state index in [1.54, 1.807) is 0 Å². The summed E-state index contributed by atoms with van der Waals surface area (Å²) in [5.41, 5.74) is 6.07. The Morgan fingerprint density at radius 3 is 2.47 bits per heavy atom. The van der Waals surface area contributed by atoms with Gasteiger partial charge in [-0.2, -0.15) is 4.98 Å². The van der Waals surface area contributed by atoms with Gasteiger partial charge in [0.2, 0.25) is 5.89 Å². The van der Waals surface area contributed by atoms with Crippen LogP contribution in [0, 0.1) is 0 Å². The zero-order chi connectivity index (χ0) is 13.7. The highest BCUT2D eigenvalue weighted by atomic mass is 16.5. The molecular formula is C14H26N4O. The van der Waals surface area contributed by atoms with Crippen LogP contribution in [0.2, 0.25) is 0 Å². The van der Waals surface area contributed by atoms with Gasteiger partial charge in [0.05, 0.1) is 6.04 Å². The summed E-state index contributed by atoms with van der Waals surface area (Å²) in [6, 6.07) is -0.166. The van der Waals surface area contributed by atoms with Gasteiger partial charge < -0.3 is 15.2 Å². The lowest BCUT2D eigenvalue weighted by Gasteiger charge is -2.15. The third kappa shape index (κ3) is 4.28. The predicted molar refractivity (Wildman–Crippen MR) is 74.8 cm³/mol. The van der Waals surface area contributed by atoms with E-state index in [2.05, 4.69) is 10.1 Å². The maximum absolute atomic E-state index is 6.07. The van der Waals surface area contributed by atoms with E-state index in [9.17, 15) is 0 Å². The molecule has 0 spiro atoms. The zero-order valence-electron chi connectivity index (χ0n) is 12.1. The quantitative estimate of drug-likeness (QED) is 0.906. The van der Waals surface area contributed by atoms with E-state index in [0.717, 1.165) is 12.4 Å². The van der Waals surface area contributed by atoms with Gasteiger partial charge in [0.1, 0.15) is 0 Å². The first-order chi connectivity index (χ1) is 9.16. The lowest BCUT2D eigenvalue weighted by Crippen LogP contribution is -2.26. The fourth-order valence-electron chi connectivity index (χ4n) is 2.74. The molecule has 5 nitrogen and oxygen atoms in total. The average Bonchev–Trinajstić information content (AvgIpc) is 2.76. The molecule has 1 saturated carbocycles. The Labute approximate surface area is 115 Å². The summed E-state index contributed by atoms with van der Waals surface area (Å²) < 4.78 is 5.44. The van der Waals surface area contributed by atoms with Crippen molar-refractivity contribution in [1.82, 2.24) is 15.0 Å². The van der Waals surface area contributed by atoms with Crippen LogP contribution in [0.5, 0.6) is 0 Å². The minimum absolute atomic E-state index is 0.166. The van der Waals surface area contributed by atoms with Crippen molar-refractivity contribution >= 4 is 0 Å². The summed E-state index contributed by atoms with van der Waals surface area (Å²) in [6.07, 6.45) is 8.91. The van der Waals surface area contributed by atoms with Crippen molar-refractivity contribution < 1.29 is 4.52 Å². The Morgan fingerprint density at radius 1 is 1.21 bits per heavy atom. The predicted octanol–water partition coefficient (Wildman–Crippen LogP) is 2.46. The largest absolute Gasteiger partial charge is 0.339 e. The summed E-state index contributed by atoms with van der Waals surface area (Å²) in [5.74, 6) is 1.88. The third-order valence-electron chi connectivity index (χ3n) is 3.81. The first kappa shape index (κ1) is 14.5. The number of hydrogen-bond acceptors (Lipinski definition) is 5. The van der Waals surface area contributed by atoms with Crippen LogP contribution in [0.15, 0.2) is 4.52 Å². The second-order valence-electron chi connectivity index (χ2n) is 5.90. The van der Waals surface area contributed by atoms with Gasteiger partial charge >= 0.3 is 0 Å². The standard InChI is InChI=1S/C14H26N4O/c1-18(2)10-12(15)13-16-14(19-17-13)11-8-6-4-3-5-7-9-11/h11-12H,3-10,15H2,1-2H3. The molecule has 108 valence electrons. The Bertz CT molecular complexity index is 369. The second-order valence-corrected chi connectivity index (χ2v) is 5.90. The van der Waals surface area contributed by atoms with E-state index < -0.39 is 0 Å². The molecule has 0 saturated heterocycles. The molecule has 19 heavy (non-hydrogen) atoms. The van der Waals surface area contributed by atoms with Crippen molar-refractivity contribution in [3.8, 4) is 0 Å². The van der Waals surface area contributed by atoms with Gasteiger partial charge in [0, 0.05) is 12.5 Å². The summed E-state index contributed by atoms with van der Waals surface area (Å²) in [7, 11) is 3.99. The van der Waals surface area contributed by atoms with Crippen LogP contribution in [-0.2, 0) is 0 Å². The summed E-state index contributed by atoms with van der Waals surface area (Å²) in [6.45, 7) is 0.740. The van der Waals surface area contributed by atoms with E-state index in [-0.39, 0.29) is 6.04 Å². The maximum atomic E-state index is 6.07. The lowest BCUT2D eigenvalue weighted by molar-refractivity contribution is 0.315. The van der Waals surface area contributed by atoms with Gasteiger partial charge in [-0.3, -0.25) is 0 Å². The summed E-state index contributed by atoms with van der Waals surface area (Å²) in [4.78, 5) is 6.57. The van der Waals surface area contributed by atoms with Crippen molar-refractivity contribution in [1.29, 1.82) is 0 Å². The van der Waals surface area contributed by atoms with Crippen LogP contribution >= 0.6 is 0 Å². The van der Waals surface area contributed by atoms with E-state index in [1.807, 2.05) is 19.0 Å². The summed E-state index contributed by atoms with van der Waals surface area (Å²) in [5, 5.41) is 4.06. The van der Waals surface area contributed by atoms with E-state index >= 15 is 0 Å². The molecule has 2 rings (SSSR count). The molecule has 0 amide bonds. The first-order valence-corrected chi connectivity index (χ1v) is 7.40.